The molecule has 0 amide bonds. The second-order valence-electron chi connectivity index (χ2n) is 12.3. The molecule has 0 aliphatic heterocycles. The molecule has 11 atom stereocenters. The molecule has 31 heavy (non-hydrogen) atoms. The van der Waals surface area contributed by atoms with Gasteiger partial charge in [-0.3, -0.25) is 0 Å². The third kappa shape index (κ3) is 3.91. The summed E-state index contributed by atoms with van der Waals surface area (Å²) in [6.07, 6.45) is 8.60. The third-order valence-corrected chi connectivity index (χ3v) is 11.8. The Balaban J connectivity index is 1.61. The summed E-state index contributed by atoms with van der Waals surface area (Å²) in [4.78, 5) is 0. The number of aliphatic hydroxyl groups is 2. The topological polar surface area (TPSA) is 101 Å². The molecule has 0 aromatic carbocycles. The van der Waals surface area contributed by atoms with Crippen LogP contribution in [0.25, 0.3) is 0 Å². The molecule has 5 nitrogen and oxygen atoms in total. The van der Waals surface area contributed by atoms with Gasteiger partial charge in [0.1, 0.15) is 0 Å². The van der Waals surface area contributed by atoms with Gasteiger partial charge in [0.05, 0.1) is 18.0 Å². The lowest BCUT2D eigenvalue weighted by Crippen LogP contribution is -2.62. The van der Waals surface area contributed by atoms with E-state index in [9.17, 15) is 18.6 Å². The van der Waals surface area contributed by atoms with Crippen LogP contribution in [0.5, 0.6) is 0 Å². The average Bonchev–Trinajstić information content (AvgIpc) is 3.04. The zero-order valence-electron chi connectivity index (χ0n) is 20.0. The predicted octanol–water partition coefficient (Wildman–Crippen LogP) is 3.93. The van der Waals surface area contributed by atoms with E-state index < -0.39 is 10.0 Å². The normalized spacial score (nSPS) is 50.9. The highest BCUT2D eigenvalue weighted by molar-refractivity contribution is 7.89. The highest BCUT2D eigenvalue weighted by Gasteiger charge is 2.64. The molecule has 0 bridgehead atoms. The summed E-state index contributed by atoms with van der Waals surface area (Å²) in [7, 11) is -3.42. The van der Waals surface area contributed by atoms with Crippen molar-refractivity contribution < 1.29 is 18.6 Å². The standard InChI is InChI=1S/C25H45NO4S/c1-5-17-21-14-16(27)8-11-25(21,4)20-9-12-24(3)18(15(2)10-13-31(26,29)30)6-7-19(24)22(20)23(17)28/h15-23,27-28H,5-14H2,1-4H3,(H2,26,29,30)/t15-,16-,17-,18-,19+,20+,21+,22+,23-,24-,25-/m1/s1. The Morgan fingerprint density at radius 1 is 1.00 bits per heavy atom. The number of sulfonamides is 1. The SMILES string of the molecule is CC[C@H]1[C@@H](O)[C@@H]2[C@H](CC[C@]3(C)[C@@H]([C@H](C)CCS(N)(=O)=O)CC[C@@H]23)[C@@]2(C)CC[C@@H](O)C[C@@H]12. The summed E-state index contributed by atoms with van der Waals surface area (Å²) < 4.78 is 23.1. The maximum absolute atomic E-state index is 11.7. The molecule has 4 fully saturated rings. The van der Waals surface area contributed by atoms with Gasteiger partial charge in [0, 0.05) is 0 Å². The Kier molecular flexibility index (Phi) is 6.38. The largest absolute Gasteiger partial charge is 0.393 e. The third-order valence-electron chi connectivity index (χ3n) is 11.0. The number of hydrogen-bond donors (Lipinski definition) is 3. The number of nitrogens with two attached hydrogens (primary N) is 1. The smallest absolute Gasteiger partial charge is 0.209 e. The average molecular weight is 456 g/mol. The minimum absolute atomic E-state index is 0.0695. The van der Waals surface area contributed by atoms with Crippen molar-refractivity contribution in [3.05, 3.63) is 0 Å². The number of hydrogen-bond acceptors (Lipinski definition) is 4. The van der Waals surface area contributed by atoms with Crippen LogP contribution in [0.2, 0.25) is 0 Å². The summed E-state index contributed by atoms with van der Waals surface area (Å²) in [5, 5.41) is 27.4. The highest BCUT2D eigenvalue weighted by atomic mass is 32.2. The number of fused-ring (bicyclic) bond motifs is 5. The molecule has 180 valence electrons. The van der Waals surface area contributed by atoms with Crippen molar-refractivity contribution in [3.63, 3.8) is 0 Å². The second-order valence-corrected chi connectivity index (χ2v) is 14.0. The Morgan fingerprint density at radius 2 is 1.65 bits per heavy atom. The van der Waals surface area contributed by atoms with E-state index in [1.807, 2.05) is 0 Å². The second kappa shape index (κ2) is 8.25. The van der Waals surface area contributed by atoms with Crippen LogP contribution in [-0.4, -0.2) is 36.6 Å². The summed E-state index contributed by atoms with van der Waals surface area (Å²) in [5.74, 6) is 3.01. The Hall–Kier alpha value is -0.170. The van der Waals surface area contributed by atoms with Crippen molar-refractivity contribution >= 4 is 10.0 Å². The molecule has 6 heteroatoms. The van der Waals surface area contributed by atoms with Crippen molar-refractivity contribution in [1.82, 2.24) is 0 Å². The van der Waals surface area contributed by atoms with E-state index in [1.165, 1.54) is 6.42 Å². The minimum Gasteiger partial charge on any atom is -0.393 e. The van der Waals surface area contributed by atoms with Gasteiger partial charge in [0.2, 0.25) is 10.0 Å². The highest BCUT2D eigenvalue weighted by Crippen LogP contribution is 2.69. The van der Waals surface area contributed by atoms with E-state index in [0.29, 0.717) is 41.9 Å². The number of primary sulfonamides is 1. The minimum atomic E-state index is -3.42. The van der Waals surface area contributed by atoms with Crippen molar-refractivity contribution in [1.29, 1.82) is 0 Å². The molecule has 0 aromatic rings. The lowest BCUT2D eigenvalue weighted by atomic mass is 9.41. The molecule has 0 unspecified atom stereocenters. The first-order valence-electron chi connectivity index (χ1n) is 12.8. The van der Waals surface area contributed by atoms with E-state index >= 15 is 0 Å². The molecule has 0 radical (unpaired) electrons. The summed E-state index contributed by atoms with van der Waals surface area (Å²) in [6, 6.07) is 0. The van der Waals surface area contributed by atoms with Crippen LogP contribution in [-0.2, 0) is 10.0 Å². The quantitative estimate of drug-likeness (QED) is 0.585. The van der Waals surface area contributed by atoms with Crippen molar-refractivity contribution in [2.45, 2.75) is 97.7 Å². The van der Waals surface area contributed by atoms with Crippen molar-refractivity contribution in [3.8, 4) is 0 Å². The molecule has 4 aliphatic rings. The lowest BCUT2D eigenvalue weighted by Gasteiger charge is -2.64. The first-order chi connectivity index (χ1) is 14.4. The van der Waals surface area contributed by atoms with Gasteiger partial charge >= 0.3 is 0 Å². The van der Waals surface area contributed by atoms with Gasteiger partial charge in [-0.25, -0.2) is 13.6 Å². The maximum atomic E-state index is 11.7. The van der Waals surface area contributed by atoms with E-state index in [-0.39, 0.29) is 34.7 Å². The fraction of sp³-hybridized carbons (Fsp3) is 1.00. The van der Waals surface area contributed by atoms with E-state index in [0.717, 1.165) is 44.9 Å². The van der Waals surface area contributed by atoms with E-state index in [1.54, 1.807) is 0 Å². The first-order valence-corrected chi connectivity index (χ1v) is 14.5. The fourth-order valence-electron chi connectivity index (χ4n) is 9.48. The van der Waals surface area contributed by atoms with Crippen molar-refractivity contribution in [2.75, 3.05) is 5.75 Å². The van der Waals surface area contributed by atoms with Crippen LogP contribution in [0, 0.1) is 52.3 Å². The van der Waals surface area contributed by atoms with Gasteiger partial charge < -0.3 is 10.2 Å². The van der Waals surface area contributed by atoms with Gasteiger partial charge in [-0.05, 0) is 104 Å². The van der Waals surface area contributed by atoms with Crippen LogP contribution < -0.4 is 5.14 Å². The molecule has 4 N–H and O–H groups in total. The summed E-state index contributed by atoms with van der Waals surface area (Å²) in [5.41, 5.74) is 0.401. The van der Waals surface area contributed by atoms with Gasteiger partial charge in [-0.1, -0.05) is 34.1 Å². The molecule has 4 aliphatic carbocycles. The van der Waals surface area contributed by atoms with Gasteiger partial charge in [0.25, 0.3) is 0 Å². The lowest BCUT2D eigenvalue weighted by molar-refractivity contribution is -0.203. The van der Waals surface area contributed by atoms with Crippen molar-refractivity contribution in [2.24, 2.45) is 57.4 Å². The molecule has 4 saturated carbocycles. The van der Waals surface area contributed by atoms with Gasteiger partial charge in [-0.2, -0.15) is 0 Å². The number of aliphatic hydroxyl groups excluding tert-OH is 2. The van der Waals surface area contributed by atoms with Crippen LogP contribution in [0.1, 0.15) is 85.5 Å². The van der Waals surface area contributed by atoms with Crippen LogP contribution in [0.4, 0.5) is 0 Å². The van der Waals surface area contributed by atoms with Crippen LogP contribution in [0.3, 0.4) is 0 Å². The summed E-state index contributed by atoms with van der Waals surface area (Å²) >= 11 is 0. The van der Waals surface area contributed by atoms with E-state index in [4.69, 9.17) is 5.14 Å². The molecule has 0 aromatic heterocycles. The van der Waals surface area contributed by atoms with Gasteiger partial charge in [0.15, 0.2) is 0 Å². The number of rotatable bonds is 5. The Labute approximate surface area is 189 Å². The molecular weight excluding hydrogens is 410 g/mol. The molecular formula is C25H45NO4S. The summed E-state index contributed by atoms with van der Waals surface area (Å²) in [6.45, 7) is 9.33. The van der Waals surface area contributed by atoms with Crippen LogP contribution in [0.15, 0.2) is 0 Å². The molecule has 4 rings (SSSR count). The Morgan fingerprint density at radius 3 is 2.29 bits per heavy atom. The zero-order valence-corrected chi connectivity index (χ0v) is 20.8. The monoisotopic (exact) mass is 455 g/mol. The van der Waals surface area contributed by atoms with Gasteiger partial charge in [-0.15, -0.1) is 0 Å². The molecule has 0 spiro atoms. The predicted molar refractivity (Wildman–Crippen MR) is 124 cm³/mol. The van der Waals surface area contributed by atoms with E-state index in [2.05, 4.69) is 27.7 Å². The van der Waals surface area contributed by atoms with Crippen LogP contribution >= 0.6 is 0 Å². The first kappa shape index (κ1) is 24.0. The fourth-order valence-corrected chi connectivity index (χ4v) is 10.2. The Bertz CT molecular complexity index is 771. The zero-order chi connectivity index (χ0) is 22.8. The molecule has 0 heterocycles. The molecule has 0 saturated heterocycles. The maximum Gasteiger partial charge on any atom is 0.209 e.